The first-order chi connectivity index (χ1) is 16.4. The lowest BCUT2D eigenvalue weighted by Gasteiger charge is -2.19. The highest BCUT2D eigenvalue weighted by molar-refractivity contribution is 7.91. The highest BCUT2D eigenvalue weighted by atomic mass is 32.2. The lowest BCUT2D eigenvalue weighted by molar-refractivity contribution is 0.0951. The number of nitrogens with zero attached hydrogens (tertiary/aromatic N) is 1. The fourth-order valence-electron chi connectivity index (χ4n) is 4.13. The second kappa shape index (κ2) is 13.2. The number of ether oxygens (including phenoxy) is 1. The maximum atomic E-state index is 13.2. The Morgan fingerprint density at radius 1 is 1.15 bits per heavy atom. The van der Waals surface area contributed by atoms with E-state index in [1.54, 1.807) is 47.8 Å². The molecule has 2 aromatic rings. The molecule has 9 heteroatoms. The Labute approximate surface area is 207 Å². The molecule has 0 radical (unpaired) electrons. The van der Waals surface area contributed by atoms with Crippen LogP contribution in [0.4, 0.5) is 0 Å². The minimum Gasteiger partial charge on any atom is -0.497 e. The summed E-state index contributed by atoms with van der Waals surface area (Å²) in [5.74, 6) is 0.390. The van der Waals surface area contributed by atoms with Gasteiger partial charge in [0.1, 0.15) is 9.96 Å². The van der Waals surface area contributed by atoms with Gasteiger partial charge in [0.2, 0.25) is 0 Å². The summed E-state index contributed by atoms with van der Waals surface area (Å²) in [5.41, 5.74) is 0.502. The predicted molar refractivity (Wildman–Crippen MR) is 137 cm³/mol. The van der Waals surface area contributed by atoms with Crippen molar-refractivity contribution >= 4 is 27.3 Å². The van der Waals surface area contributed by atoms with Crippen LogP contribution >= 0.6 is 11.3 Å². The van der Waals surface area contributed by atoms with Crippen LogP contribution in [0.3, 0.4) is 0 Å². The van der Waals surface area contributed by atoms with Gasteiger partial charge in [-0.05, 0) is 62.6 Å². The number of sulfonamides is 1. The zero-order chi connectivity index (χ0) is 24.4. The van der Waals surface area contributed by atoms with Crippen LogP contribution in [0.15, 0.2) is 40.6 Å². The summed E-state index contributed by atoms with van der Waals surface area (Å²) >= 11 is 1.22. The van der Waals surface area contributed by atoms with Crippen LogP contribution in [0.25, 0.3) is 0 Å². The molecule has 1 saturated heterocycles. The van der Waals surface area contributed by atoms with E-state index in [2.05, 4.69) is 17.6 Å². The fourth-order valence-corrected chi connectivity index (χ4v) is 7.07. The van der Waals surface area contributed by atoms with Gasteiger partial charge in [-0.15, -0.1) is 11.3 Å². The van der Waals surface area contributed by atoms with E-state index in [0.29, 0.717) is 34.7 Å². The van der Waals surface area contributed by atoms with Gasteiger partial charge in [-0.25, -0.2) is 8.42 Å². The van der Waals surface area contributed by atoms with Crippen molar-refractivity contribution < 1.29 is 17.9 Å². The van der Waals surface area contributed by atoms with Gasteiger partial charge in [-0.2, -0.15) is 4.31 Å². The van der Waals surface area contributed by atoms with Crippen molar-refractivity contribution in [1.82, 2.24) is 14.9 Å². The van der Waals surface area contributed by atoms with Crippen LogP contribution in [-0.4, -0.2) is 51.4 Å². The zero-order valence-electron chi connectivity index (χ0n) is 20.2. The van der Waals surface area contributed by atoms with Crippen molar-refractivity contribution in [3.63, 3.8) is 0 Å². The molecule has 0 spiro atoms. The molecule has 0 aliphatic carbocycles. The molecule has 1 aromatic heterocycles. The first kappa shape index (κ1) is 26.7. The monoisotopic (exact) mass is 507 g/mol. The Morgan fingerprint density at radius 3 is 2.79 bits per heavy atom. The summed E-state index contributed by atoms with van der Waals surface area (Å²) in [5, 5.41) is 6.48. The van der Waals surface area contributed by atoms with E-state index in [1.807, 2.05) is 0 Å². The highest BCUT2D eigenvalue weighted by Crippen LogP contribution is 2.27. The minimum absolute atomic E-state index is 0.225. The lowest BCUT2D eigenvalue weighted by Crippen LogP contribution is -2.34. The van der Waals surface area contributed by atoms with E-state index in [0.717, 1.165) is 30.7 Å². The van der Waals surface area contributed by atoms with Gasteiger partial charge < -0.3 is 15.4 Å². The van der Waals surface area contributed by atoms with Gasteiger partial charge in [0.05, 0.1) is 13.7 Å². The molecular formula is C25H37N3O4S2. The number of hydrogen-bond acceptors (Lipinski definition) is 6. The molecule has 0 saturated carbocycles. The molecule has 1 fully saturated rings. The number of benzene rings is 1. The Balaban J connectivity index is 1.52. The number of rotatable bonds is 12. The highest BCUT2D eigenvalue weighted by Gasteiger charge is 2.28. The predicted octanol–water partition coefficient (Wildman–Crippen LogP) is 4.40. The van der Waals surface area contributed by atoms with E-state index in [4.69, 9.17) is 4.74 Å². The molecule has 1 aromatic carbocycles. The van der Waals surface area contributed by atoms with Crippen molar-refractivity contribution in [2.45, 2.75) is 68.7 Å². The molecule has 1 unspecified atom stereocenters. The second-order valence-corrected chi connectivity index (χ2v) is 12.0. The summed E-state index contributed by atoms with van der Waals surface area (Å²) in [6.07, 6.45) is 7.63. The lowest BCUT2D eigenvalue weighted by atomic mass is 10.1. The SMILES string of the molecule is CCCCCCNC1CCCN(S(=O)(=O)c2ccc(CNC(=O)c3cccc(OC)c3)s2)CC1. The van der Waals surface area contributed by atoms with Crippen LogP contribution in [-0.2, 0) is 16.6 Å². The van der Waals surface area contributed by atoms with Crippen molar-refractivity contribution in [2.24, 2.45) is 0 Å². The minimum atomic E-state index is -3.53. The number of carbonyl (C=O) groups is 1. The molecule has 0 bridgehead atoms. The third kappa shape index (κ3) is 7.53. The number of amides is 1. The molecular weight excluding hydrogens is 470 g/mol. The van der Waals surface area contributed by atoms with Crippen LogP contribution in [0.2, 0.25) is 0 Å². The number of methoxy groups -OCH3 is 1. The number of thiophene rings is 1. The summed E-state index contributed by atoms with van der Waals surface area (Å²) in [7, 11) is -1.97. The average Bonchev–Trinajstić information content (AvgIpc) is 3.21. The molecule has 1 aliphatic heterocycles. The Morgan fingerprint density at radius 2 is 2.00 bits per heavy atom. The molecule has 2 heterocycles. The van der Waals surface area contributed by atoms with Gasteiger partial charge in [0.15, 0.2) is 0 Å². The van der Waals surface area contributed by atoms with E-state index in [9.17, 15) is 13.2 Å². The Bertz CT molecular complexity index is 1020. The van der Waals surface area contributed by atoms with Crippen molar-refractivity contribution in [3.8, 4) is 5.75 Å². The molecule has 1 aliphatic rings. The van der Waals surface area contributed by atoms with E-state index in [1.165, 1.54) is 37.0 Å². The van der Waals surface area contributed by atoms with Gasteiger partial charge in [0.25, 0.3) is 15.9 Å². The van der Waals surface area contributed by atoms with Crippen molar-refractivity contribution in [1.29, 1.82) is 0 Å². The summed E-state index contributed by atoms with van der Waals surface area (Å²) < 4.78 is 33.6. The maximum absolute atomic E-state index is 13.2. The Kier molecular flexibility index (Phi) is 10.4. The molecule has 1 amide bonds. The topological polar surface area (TPSA) is 87.7 Å². The molecule has 2 N–H and O–H groups in total. The number of nitrogens with one attached hydrogen (secondary N) is 2. The van der Waals surface area contributed by atoms with Crippen molar-refractivity contribution in [2.75, 3.05) is 26.7 Å². The second-order valence-electron chi connectivity index (χ2n) is 8.68. The van der Waals surface area contributed by atoms with Crippen molar-refractivity contribution in [3.05, 3.63) is 46.8 Å². The largest absolute Gasteiger partial charge is 0.497 e. The maximum Gasteiger partial charge on any atom is 0.252 e. The third-order valence-corrected chi connectivity index (χ3v) is 9.59. The molecule has 188 valence electrons. The smallest absolute Gasteiger partial charge is 0.252 e. The van der Waals surface area contributed by atoms with E-state index in [-0.39, 0.29) is 12.5 Å². The first-order valence-corrected chi connectivity index (χ1v) is 14.4. The number of unbranched alkanes of at least 4 members (excludes halogenated alkanes) is 3. The van der Waals surface area contributed by atoms with E-state index >= 15 is 0 Å². The van der Waals surface area contributed by atoms with Gasteiger partial charge in [-0.1, -0.05) is 32.3 Å². The molecule has 3 rings (SSSR count). The summed E-state index contributed by atoms with van der Waals surface area (Å²) in [4.78, 5) is 13.2. The Hall–Kier alpha value is -1.94. The summed E-state index contributed by atoms with van der Waals surface area (Å²) in [6.45, 7) is 4.58. The quantitative estimate of drug-likeness (QED) is 0.416. The average molecular weight is 508 g/mol. The summed E-state index contributed by atoms with van der Waals surface area (Å²) in [6, 6.07) is 10.7. The van der Waals surface area contributed by atoms with Gasteiger partial charge >= 0.3 is 0 Å². The van der Waals surface area contributed by atoms with Gasteiger partial charge in [-0.3, -0.25) is 4.79 Å². The normalized spacial score (nSPS) is 17.3. The van der Waals surface area contributed by atoms with Crippen LogP contribution in [0, 0.1) is 0 Å². The van der Waals surface area contributed by atoms with Crippen LogP contribution in [0.5, 0.6) is 5.75 Å². The molecule has 7 nitrogen and oxygen atoms in total. The first-order valence-electron chi connectivity index (χ1n) is 12.2. The fraction of sp³-hybridized carbons (Fsp3) is 0.560. The van der Waals surface area contributed by atoms with E-state index < -0.39 is 10.0 Å². The number of carbonyl (C=O) groups excluding carboxylic acids is 1. The molecule has 1 atom stereocenters. The number of hydrogen-bond donors (Lipinski definition) is 2. The molecule has 34 heavy (non-hydrogen) atoms. The van der Waals surface area contributed by atoms with Crippen LogP contribution in [0.1, 0.15) is 67.1 Å². The van der Waals surface area contributed by atoms with Gasteiger partial charge in [0, 0.05) is 29.6 Å². The van der Waals surface area contributed by atoms with Crippen LogP contribution < -0.4 is 15.4 Å². The standard InChI is InChI=1S/C25H37N3O4S2/c1-3-4-5-6-15-26-21-10-8-16-28(17-14-21)34(30,31)24-13-12-23(33-24)19-27-25(29)20-9-7-11-22(18-20)32-2/h7,9,11-13,18,21,26H,3-6,8,10,14-17,19H2,1-2H3,(H,27,29). The third-order valence-electron chi connectivity index (χ3n) is 6.14. The zero-order valence-corrected chi connectivity index (χ0v) is 21.8.